The summed E-state index contributed by atoms with van der Waals surface area (Å²) in [6.45, 7) is 1.20. The Kier molecular flexibility index (Phi) is 5.70. The summed E-state index contributed by atoms with van der Waals surface area (Å²) in [6.07, 6.45) is 0. The van der Waals surface area contributed by atoms with Crippen LogP contribution in [0.15, 0.2) is 46.9 Å². The molecular formula is C20H18BrF2N3O3. The van der Waals surface area contributed by atoms with E-state index in [1.54, 1.807) is 7.05 Å². The number of halogens is 3. The van der Waals surface area contributed by atoms with E-state index >= 15 is 0 Å². The van der Waals surface area contributed by atoms with Gasteiger partial charge in [0.1, 0.15) is 12.1 Å². The Hall–Kier alpha value is -2.81. The molecule has 0 spiro atoms. The van der Waals surface area contributed by atoms with E-state index in [0.717, 1.165) is 27.1 Å². The van der Waals surface area contributed by atoms with Gasteiger partial charge in [0.2, 0.25) is 5.91 Å². The highest BCUT2D eigenvalue weighted by atomic mass is 79.9. The summed E-state index contributed by atoms with van der Waals surface area (Å²) < 4.78 is 27.7. The molecule has 3 rings (SSSR count). The second-order valence-corrected chi connectivity index (χ2v) is 7.77. The van der Waals surface area contributed by atoms with Crippen molar-refractivity contribution in [2.24, 2.45) is 0 Å². The number of benzene rings is 2. The molecule has 1 unspecified atom stereocenters. The van der Waals surface area contributed by atoms with Gasteiger partial charge in [-0.2, -0.15) is 0 Å². The standard InChI is InChI=1S/C20H18BrF2N3O3/c1-20(13-7-8-15(22)16(23)9-13)18(28)26(19(29)24-20)11-17(27)25(2)10-12-5-3-4-6-14(12)21/h3-9H,10-11H2,1-2H3,(H,24,29). The molecule has 1 fully saturated rings. The monoisotopic (exact) mass is 465 g/mol. The molecule has 1 aliphatic rings. The molecule has 2 aromatic rings. The van der Waals surface area contributed by atoms with E-state index < -0.39 is 41.6 Å². The third-order valence-electron chi connectivity index (χ3n) is 4.86. The first-order valence-electron chi connectivity index (χ1n) is 8.70. The molecule has 1 saturated heterocycles. The van der Waals surface area contributed by atoms with Crippen LogP contribution in [0.1, 0.15) is 18.1 Å². The largest absolute Gasteiger partial charge is 0.340 e. The summed E-state index contributed by atoms with van der Waals surface area (Å²) in [5.74, 6) is -3.35. The van der Waals surface area contributed by atoms with Gasteiger partial charge >= 0.3 is 6.03 Å². The molecule has 9 heteroatoms. The van der Waals surface area contributed by atoms with Crippen molar-refractivity contribution in [3.8, 4) is 0 Å². The second-order valence-electron chi connectivity index (χ2n) is 6.92. The molecule has 4 amide bonds. The first-order valence-corrected chi connectivity index (χ1v) is 9.50. The van der Waals surface area contributed by atoms with Crippen molar-refractivity contribution >= 4 is 33.8 Å². The number of hydrogen-bond acceptors (Lipinski definition) is 3. The minimum Gasteiger partial charge on any atom is -0.340 e. The van der Waals surface area contributed by atoms with E-state index in [0.29, 0.717) is 0 Å². The minimum absolute atomic E-state index is 0.0891. The Labute approximate surface area is 174 Å². The number of urea groups is 1. The average molecular weight is 466 g/mol. The maximum Gasteiger partial charge on any atom is 0.325 e. The van der Waals surface area contributed by atoms with Crippen molar-refractivity contribution in [3.05, 3.63) is 69.7 Å². The van der Waals surface area contributed by atoms with Crippen LogP contribution in [0.25, 0.3) is 0 Å². The second kappa shape index (κ2) is 7.90. The average Bonchev–Trinajstić information content (AvgIpc) is 2.89. The molecule has 0 radical (unpaired) electrons. The predicted molar refractivity (Wildman–Crippen MR) is 105 cm³/mol. The molecule has 6 nitrogen and oxygen atoms in total. The van der Waals surface area contributed by atoms with Crippen molar-refractivity contribution < 1.29 is 23.2 Å². The molecular weight excluding hydrogens is 448 g/mol. The van der Waals surface area contributed by atoms with Crippen molar-refractivity contribution in [2.75, 3.05) is 13.6 Å². The van der Waals surface area contributed by atoms with E-state index in [4.69, 9.17) is 0 Å². The lowest BCUT2D eigenvalue weighted by Crippen LogP contribution is -2.43. The van der Waals surface area contributed by atoms with E-state index in [-0.39, 0.29) is 12.1 Å². The normalized spacial score (nSPS) is 18.7. The maximum absolute atomic E-state index is 13.6. The van der Waals surface area contributed by atoms with Crippen LogP contribution in [0.2, 0.25) is 0 Å². The fourth-order valence-electron chi connectivity index (χ4n) is 3.07. The molecule has 2 aromatic carbocycles. The van der Waals surface area contributed by atoms with Gasteiger partial charge in [-0.1, -0.05) is 40.2 Å². The number of hydrogen-bond donors (Lipinski definition) is 1. The summed E-state index contributed by atoms with van der Waals surface area (Å²) in [7, 11) is 1.56. The Morgan fingerprint density at radius 1 is 1.17 bits per heavy atom. The van der Waals surface area contributed by atoms with Gasteiger partial charge in [-0.05, 0) is 36.2 Å². The van der Waals surface area contributed by atoms with Crippen LogP contribution in [-0.4, -0.2) is 41.2 Å². The number of carbonyl (C=O) groups is 3. The van der Waals surface area contributed by atoms with Crippen LogP contribution >= 0.6 is 15.9 Å². The fourth-order valence-corrected chi connectivity index (χ4v) is 3.48. The predicted octanol–water partition coefficient (Wildman–Crippen LogP) is 3.15. The maximum atomic E-state index is 13.6. The molecule has 1 N–H and O–H groups in total. The molecule has 1 atom stereocenters. The molecule has 0 aromatic heterocycles. The van der Waals surface area contributed by atoms with E-state index in [1.807, 2.05) is 24.3 Å². The number of nitrogens with zero attached hydrogens (tertiary/aromatic N) is 2. The minimum atomic E-state index is -1.59. The number of amides is 4. The molecule has 29 heavy (non-hydrogen) atoms. The van der Waals surface area contributed by atoms with Crippen LogP contribution in [0.5, 0.6) is 0 Å². The number of nitrogens with one attached hydrogen (secondary N) is 1. The van der Waals surface area contributed by atoms with Gasteiger partial charge in [0.05, 0.1) is 0 Å². The van der Waals surface area contributed by atoms with Crippen LogP contribution in [0.4, 0.5) is 13.6 Å². The highest BCUT2D eigenvalue weighted by molar-refractivity contribution is 9.10. The van der Waals surface area contributed by atoms with Crippen molar-refractivity contribution in [3.63, 3.8) is 0 Å². The Morgan fingerprint density at radius 2 is 1.86 bits per heavy atom. The first-order chi connectivity index (χ1) is 13.6. The van der Waals surface area contributed by atoms with E-state index in [1.165, 1.54) is 17.9 Å². The molecule has 0 bridgehead atoms. The lowest BCUT2D eigenvalue weighted by atomic mass is 9.92. The molecule has 152 valence electrons. The van der Waals surface area contributed by atoms with Crippen molar-refractivity contribution in [1.82, 2.24) is 15.1 Å². The number of carbonyl (C=O) groups excluding carboxylic acids is 3. The zero-order chi connectivity index (χ0) is 21.3. The first kappa shape index (κ1) is 20.9. The number of imide groups is 1. The van der Waals surface area contributed by atoms with E-state index in [2.05, 4.69) is 21.2 Å². The Morgan fingerprint density at radius 3 is 2.52 bits per heavy atom. The Balaban J connectivity index is 1.75. The SMILES string of the molecule is CN(Cc1ccccc1Br)C(=O)CN1C(=O)NC(C)(c2ccc(F)c(F)c2)C1=O. The lowest BCUT2D eigenvalue weighted by Gasteiger charge is -2.23. The summed E-state index contributed by atoms with van der Waals surface area (Å²) in [5, 5.41) is 2.47. The molecule has 1 aliphatic heterocycles. The van der Waals surface area contributed by atoms with Gasteiger partial charge in [0.25, 0.3) is 5.91 Å². The summed E-state index contributed by atoms with van der Waals surface area (Å²) in [4.78, 5) is 40.0. The molecule has 0 saturated carbocycles. The highest BCUT2D eigenvalue weighted by Gasteiger charge is 2.49. The van der Waals surface area contributed by atoms with Crippen LogP contribution in [-0.2, 0) is 21.7 Å². The van der Waals surface area contributed by atoms with Gasteiger partial charge in [-0.3, -0.25) is 14.5 Å². The number of rotatable bonds is 5. The zero-order valence-electron chi connectivity index (χ0n) is 15.7. The van der Waals surface area contributed by atoms with E-state index in [9.17, 15) is 23.2 Å². The smallest absolute Gasteiger partial charge is 0.325 e. The zero-order valence-corrected chi connectivity index (χ0v) is 17.3. The van der Waals surface area contributed by atoms with Gasteiger partial charge in [0, 0.05) is 18.1 Å². The third kappa shape index (κ3) is 4.00. The summed E-state index contributed by atoms with van der Waals surface area (Å²) in [6, 6.07) is 9.57. The lowest BCUT2D eigenvalue weighted by molar-refractivity contribution is -0.138. The summed E-state index contributed by atoms with van der Waals surface area (Å²) >= 11 is 3.41. The fraction of sp³-hybridized carbons (Fsp3) is 0.250. The molecule has 1 heterocycles. The van der Waals surface area contributed by atoms with Crippen LogP contribution < -0.4 is 5.32 Å². The quantitative estimate of drug-likeness (QED) is 0.689. The van der Waals surface area contributed by atoms with Gasteiger partial charge < -0.3 is 10.2 Å². The molecule has 0 aliphatic carbocycles. The third-order valence-corrected chi connectivity index (χ3v) is 5.63. The van der Waals surface area contributed by atoms with Gasteiger partial charge in [0.15, 0.2) is 11.6 Å². The van der Waals surface area contributed by atoms with Gasteiger partial charge in [-0.25, -0.2) is 13.6 Å². The van der Waals surface area contributed by atoms with Crippen molar-refractivity contribution in [1.29, 1.82) is 0 Å². The van der Waals surface area contributed by atoms with Crippen molar-refractivity contribution in [2.45, 2.75) is 19.0 Å². The van der Waals surface area contributed by atoms with Crippen LogP contribution in [0.3, 0.4) is 0 Å². The highest BCUT2D eigenvalue weighted by Crippen LogP contribution is 2.30. The van der Waals surface area contributed by atoms with Gasteiger partial charge in [-0.15, -0.1) is 0 Å². The van der Waals surface area contributed by atoms with Crippen LogP contribution in [0, 0.1) is 11.6 Å². The topological polar surface area (TPSA) is 69.7 Å². The summed E-state index contributed by atoms with van der Waals surface area (Å²) in [5.41, 5.74) is -0.633. The number of likely N-dealkylation sites (N-methyl/N-ethyl adjacent to an activating group) is 1. The Bertz CT molecular complexity index is 1000.